The average Bonchev–Trinajstić information content (AvgIpc) is 3.18. The van der Waals surface area contributed by atoms with Gasteiger partial charge in [0.1, 0.15) is 17.7 Å². The lowest BCUT2D eigenvalue weighted by molar-refractivity contribution is 0.0163. The van der Waals surface area contributed by atoms with Crippen molar-refractivity contribution in [2.75, 3.05) is 12.3 Å². The fourth-order valence-electron chi connectivity index (χ4n) is 4.17. The smallest absolute Gasteiger partial charge is 0.410 e. The fraction of sp³-hybridized carbons (Fsp3) is 0.647. The second-order valence-corrected chi connectivity index (χ2v) is 8.07. The summed E-state index contributed by atoms with van der Waals surface area (Å²) in [4.78, 5) is 22.7. The van der Waals surface area contributed by atoms with Gasteiger partial charge in [0.15, 0.2) is 5.65 Å². The number of amides is 1. The summed E-state index contributed by atoms with van der Waals surface area (Å²) in [6.07, 6.45) is 3.11. The van der Waals surface area contributed by atoms with Crippen molar-refractivity contribution in [1.82, 2.24) is 24.6 Å². The third-order valence-corrected chi connectivity index (χ3v) is 5.14. The highest BCUT2D eigenvalue weighted by molar-refractivity contribution is 5.88. The van der Waals surface area contributed by atoms with Gasteiger partial charge < -0.3 is 15.4 Å². The molecule has 8 nitrogen and oxygen atoms in total. The molecule has 1 amide bonds. The number of hydrogen-bond acceptors (Lipinski definition) is 6. The lowest BCUT2D eigenvalue weighted by atomic mass is 10.0. The van der Waals surface area contributed by atoms with E-state index in [9.17, 15) is 4.79 Å². The van der Waals surface area contributed by atoms with Gasteiger partial charge in [0.05, 0.1) is 17.1 Å². The topological polar surface area (TPSA) is 99.2 Å². The van der Waals surface area contributed by atoms with Crippen molar-refractivity contribution in [3.8, 4) is 0 Å². The van der Waals surface area contributed by atoms with Gasteiger partial charge in [-0.05, 0) is 40.5 Å². The van der Waals surface area contributed by atoms with Crippen LogP contribution in [0.2, 0.25) is 0 Å². The third-order valence-electron chi connectivity index (χ3n) is 5.14. The third kappa shape index (κ3) is 2.60. The van der Waals surface area contributed by atoms with Crippen molar-refractivity contribution in [3.05, 3.63) is 12.0 Å². The summed E-state index contributed by atoms with van der Waals surface area (Å²) in [5.41, 5.74) is 7.15. The standard InChI is InChI=1S/C17H24N6O2/c1-9-13-14(18)19-8-20-15(13)23(21-9)12-6-11-5-10(12)7-22(11)16(24)25-17(2,3)4/h8,10-12H,5-7H2,1-4H3,(H2,18,19,20). The SMILES string of the molecule is Cc1nn(C2CC3CC2CN3C(=O)OC(C)(C)C)c2ncnc(N)c12. The van der Waals surface area contributed by atoms with Crippen LogP contribution in [0.3, 0.4) is 0 Å². The summed E-state index contributed by atoms with van der Waals surface area (Å²) in [6.45, 7) is 8.31. The quantitative estimate of drug-likeness (QED) is 0.852. The first kappa shape index (κ1) is 16.1. The molecule has 25 heavy (non-hydrogen) atoms. The van der Waals surface area contributed by atoms with Crippen LogP contribution in [0, 0.1) is 12.8 Å². The number of ether oxygens (including phenoxy) is 1. The summed E-state index contributed by atoms with van der Waals surface area (Å²) in [5.74, 6) is 0.823. The molecule has 1 aliphatic heterocycles. The van der Waals surface area contributed by atoms with Crippen LogP contribution < -0.4 is 5.73 Å². The van der Waals surface area contributed by atoms with E-state index in [0.29, 0.717) is 18.3 Å². The molecule has 2 aromatic heterocycles. The maximum atomic E-state index is 12.4. The van der Waals surface area contributed by atoms with Gasteiger partial charge in [-0.25, -0.2) is 19.4 Å². The molecule has 8 heteroatoms. The summed E-state index contributed by atoms with van der Waals surface area (Å²) in [6, 6.07) is 0.428. The highest BCUT2D eigenvalue weighted by atomic mass is 16.6. The molecule has 2 bridgehead atoms. The molecule has 2 fully saturated rings. The summed E-state index contributed by atoms with van der Waals surface area (Å²) >= 11 is 0. The summed E-state index contributed by atoms with van der Waals surface area (Å²) < 4.78 is 7.52. The van der Waals surface area contributed by atoms with Gasteiger partial charge in [0.25, 0.3) is 0 Å². The minimum atomic E-state index is -0.470. The number of aromatic nitrogens is 4. The largest absolute Gasteiger partial charge is 0.444 e. The van der Waals surface area contributed by atoms with Crippen molar-refractivity contribution < 1.29 is 9.53 Å². The van der Waals surface area contributed by atoms with Gasteiger partial charge in [0.2, 0.25) is 0 Å². The molecule has 3 unspecified atom stereocenters. The van der Waals surface area contributed by atoms with E-state index in [1.807, 2.05) is 37.3 Å². The predicted octanol–water partition coefficient (Wildman–Crippen LogP) is 2.29. The van der Waals surface area contributed by atoms with Crippen LogP contribution in [0.5, 0.6) is 0 Å². The monoisotopic (exact) mass is 344 g/mol. The Morgan fingerprint density at radius 3 is 2.72 bits per heavy atom. The predicted molar refractivity (Wildman–Crippen MR) is 93.0 cm³/mol. The highest BCUT2D eigenvalue weighted by Crippen LogP contribution is 2.46. The van der Waals surface area contributed by atoms with Gasteiger partial charge in [-0.1, -0.05) is 0 Å². The number of carbonyl (C=O) groups excluding carboxylic acids is 1. The van der Waals surface area contributed by atoms with Crippen LogP contribution in [0.4, 0.5) is 10.6 Å². The second kappa shape index (κ2) is 5.31. The van der Waals surface area contributed by atoms with E-state index in [2.05, 4.69) is 15.1 Å². The van der Waals surface area contributed by atoms with E-state index >= 15 is 0 Å². The van der Waals surface area contributed by atoms with Crippen molar-refractivity contribution in [3.63, 3.8) is 0 Å². The van der Waals surface area contributed by atoms with Gasteiger partial charge in [-0.3, -0.25) is 0 Å². The second-order valence-electron chi connectivity index (χ2n) is 8.07. The number of piperidine rings is 1. The minimum Gasteiger partial charge on any atom is -0.444 e. The number of rotatable bonds is 1. The molecule has 0 radical (unpaired) electrons. The van der Waals surface area contributed by atoms with Crippen LogP contribution in [0.1, 0.15) is 45.3 Å². The Hall–Kier alpha value is -2.38. The first-order chi connectivity index (χ1) is 11.7. The molecule has 4 rings (SSSR count). The van der Waals surface area contributed by atoms with Gasteiger partial charge >= 0.3 is 6.09 Å². The van der Waals surface area contributed by atoms with Crippen molar-refractivity contribution in [1.29, 1.82) is 0 Å². The van der Waals surface area contributed by atoms with Crippen LogP contribution >= 0.6 is 0 Å². The molecular weight excluding hydrogens is 320 g/mol. The van der Waals surface area contributed by atoms with Crippen LogP contribution in [-0.4, -0.2) is 48.9 Å². The number of nitrogen functional groups attached to an aromatic ring is 1. The number of nitrogens with two attached hydrogens (primary N) is 1. The summed E-state index contributed by atoms with van der Waals surface area (Å²) in [5, 5.41) is 5.51. The van der Waals surface area contributed by atoms with Crippen LogP contribution in [0.25, 0.3) is 11.0 Å². The lowest BCUT2D eigenvalue weighted by Crippen LogP contribution is -2.43. The Kier molecular flexibility index (Phi) is 3.42. The number of hydrogen-bond donors (Lipinski definition) is 1. The Balaban J connectivity index is 1.58. The normalized spacial score (nSPS) is 25.8. The molecule has 2 aliphatic rings. The number of carbonyl (C=O) groups is 1. The van der Waals surface area contributed by atoms with Crippen molar-refractivity contribution in [2.24, 2.45) is 5.92 Å². The maximum Gasteiger partial charge on any atom is 0.410 e. The molecule has 3 heterocycles. The molecule has 134 valence electrons. The van der Waals surface area contributed by atoms with Crippen LogP contribution in [-0.2, 0) is 4.74 Å². The van der Waals surface area contributed by atoms with E-state index in [4.69, 9.17) is 10.5 Å². The molecule has 1 saturated carbocycles. The van der Waals surface area contributed by atoms with Gasteiger partial charge in [-0.15, -0.1) is 0 Å². The van der Waals surface area contributed by atoms with E-state index in [0.717, 1.165) is 29.6 Å². The van der Waals surface area contributed by atoms with Gasteiger partial charge in [0, 0.05) is 18.5 Å². The molecular formula is C17H24N6O2. The zero-order valence-electron chi connectivity index (χ0n) is 15.1. The average molecular weight is 344 g/mol. The molecule has 0 aromatic carbocycles. The maximum absolute atomic E-state index is 12.4. The summed E-state index contributed by atoms with van der Waals surface area (Å²) in [7, 11) is 0. The van der Waals surface area contributed by atoms with E-state index < -0.39 is 5.60 Å². The lowest BCUT2D eigenvalue weighted by Gasteiger charge is -2.33. The number of anilines is 1. The number of fused-ring (bicyclic) bond motifs is 3. The molecule has 1 saturated heterocycles. The number of aryl methyl sites for hydroxylation is 1. The zero-order chi connectivity index (χ0) is 17.9. The van der Waals surface area contributed by atoms with Crippen LogP contribution in [0.15, 0.2) is 6.33 Å². The molecule has 3 atom stereocenters. The first-order valence-corrected chi connectivity index (χ1v) is 8.69. The zero-order valence-corrected chi connectivity index (χ0v) is 15.1. The van der Waals surface area contributed by atoms with E-state index in [-0.39, 0.29) is 18.2 Å². The molecule has 0 spiro atoms. The molecule has 2 N–H and O–H groups in total. The van der Waals surface area contributed by atoms with E-state index in [1.165, 1.54) is 6.33 Å². The molecule has 1 aliphatic carbocycles. The first-order valence-electron chi connectivity index (χ1n) is 8.69. The Morgan fingerprint density at radius 2 is 2.08 bits per heavy atom. The van der Waals surface area contributed by atoms with Crippen molar-refractivity contribution in [2.45, 2.75) is 58.2 Å². The van der Waals surface area contributed by atoms with Gasteiger partial charge in [-0.2, -0.15) is 5.10 Å². The molecule has 2 aromatic rings. The van der Waals surface area contributed by atoms with Crippen molar-refractivity contribution >= 4 is 22.9 Å². The fourth-order valence-corrected chi connectivity index (χ4v) is 4.17. The Morgan fingerprint density at radius 1 is 1.32 bits per heavy atom. The Labute approximate surface area is 146 Å². The number of nitrogens with zero attached hydrogens (tertiary/aromatic N) is 5. The highest BCUT2D eigenvalue weighted by Gasteiger charge is 2.49. The van der Waals surface area contributed by atoms with E-state index in [1.54, 1.807) is 0 Å². The number of likely N-dealkylation sites (tertiary alicyclic amines) is 1. The Bertz CT molecular complexity index is 840. The minimum absolute atomic E-state index is 0.198.